The molecule has 13 heteroatoms. The Morgan fingerprint density at radius 1 is 0.869 bits per heavy atom. The van der Waals surface area contributed by atoms with Crippen LogP contribution in [0.1, 0.15) is 117 Å². The number of fused-ring (bicyclic) bond motifs is 5. The van der Waals surface area contributed by atoms with Crippen LogP contribution in [0.15, 0.2) is 11.6 Å². The number of hydrogen-bond acceptors (Lipinski definition) is 13. The zero-order chi connectivity index (χ0) is 42.7. The van der Waals surface area contributed by atoms with Crippen molar-refractivity contribution < 1.29 is 44.2 Å². The summed E-state index contributed by atoms with van der Waals surface area (Å²) < 4.78 is 21.7. The second kappa shape index (κ2) is 18.4. The third kappa shape index (κ3) is 8.24. The maximum absolute atomic E-state index is 14.6. The molecular formula is C48H78N4O9. The lowest BCUT2D eigenvalue weighted by Gasteiger charge is -2.63. The van der Waals surface area contributed by atoms with E-state index in [1.807, 2.05) is 13.0 Å². The van der Waals surface area contributed by atoms with Crippen LogP contribution in [-0.4, -0.2) is 113 Å². The molecule has 13 nitrogen and oxygen atoms in total. The molecular weight excluding hydrogens is 777 g/mol. The molecule has 0 aromatic carbocycles. The number of aliphatic hydroxyl groups is 4. The fourth-order valence-electron chi connectivity index (χ4n) is 15.9. The van der Waals surface area contributed by atoms with Crippen LogP contribution in [0, 0.1) is 76.9 Å². The number of carbonyl (C=O) groups excluding carboxylic acids is 2. The number of esters is 1. The number of rotatable bonds is 7. The lowest BCUT2D eigenvalue weighted by molar-refractivity contribution is -0.311. The van der Waals surface area contributed by atoms with Gasteiger partial charge in [-0.25, -0.2) is 4.79 Å². The minimum atomic E-state index is -1.11. The first-order valence-electron chi connectivity index (χ1n) is 24.7. The molecule has 0 aromatic rings. The predicted octanol–water partition coefficient (Wildman–Crippen LogP) is 3.14. The fourth-order valence-corrected chi connectivity index (χ4v) is 15.9. The average Bonchev–Trinajstić information content (AvgIpc) is 3.79. The highest BCUT2D eigenvalue weighted by Crippen LogP contribution is 2.61. The third-order valence-electron chi connectivity index (χ3n) is 18.8. The molecule has 10 N–H and O–H groups in total. The van der Waals surface area contributed by atoms with E-state index in [-0.39, 0.29) is 91.1 Å². The maximum atomic E-state index is 14.6. The van der Waals surface area contributed by atoms with Crippen LogP contribution in [-0.2, 0) is 23.8 Å². The minimum Gasteiger partial charge on any atom is -0.456 e. The average molecular weight is 855 g/mol. The summed E-state index contributed by atoms with van der Waals surface area (Å²) in [5, 5.41) is 53.7. The number of Topliss-reactive ketones (excluding diaryl/α,β-unsaturated/α-hetero) is 1. The SMILES string of the molecule is CC=C(C(=O)OC1CC2C(O)C3C(=O)CC(CO)OC3C3C2OC1(C)C(CC1CCC(N)NC1)CC1CCC2CCC(O)CC2C(CO)C3C2CCNC(N)C12)C1CCCC1. The van der Waals surface area contributed by atoms with Gasteiger partial charge in [0.15, 0.2) is 0 Å². The van der Waals surface area contributed by atoms with Crippen molar-refractivity contribution in [2.45, 2.75) is 171 Å². The second-order valence-corrected chi connectivity index (χ2v) is 21.7. The number of ether oxygens (including phenoxy) is 3. The molecule has 5 heterocycles. The lowest BCUT2D eigenvalue weighted by Crippen LogP contribution is -2.72. The van der Waals surface area contributed by atoms with E-state index in [9.17, 15) is 30.0 Å². The Hall–Kier alpha value is -1.52. The first kappa shape index (κ1) is 44.7. The molecule has 21 atom stereocenters. The highest BCUT2D eigenvalue weighted by atomic mass is 16.6. The number of aliphatic hydroxyl groups excluding tert-OH is 4. The molecule has 4 aliphatic carbocycles. The minimum absolute atomic E-state index is 0.0108. The summed E-state index contributed by atoms with van der Waals surface area (Å²) in [5.41, 5.74) is 13.5. The van der Waals surface area contributed by atoms with Gasteiger partial charge in [0.2, 0.25) is 0 Å². The van der Waals surface area contributed by atoms with Gasteiger partial charge in [-0.3, -0.25) is 4.79 Å². The molecule has 5 saturated heterocycles. The highest BCUT2D eigenvalue weighted by Gasteiger charge is 2.67. The standard InChI is InChI=1S/C48H78N4O9/c1-3-31(25-6-4-5-7-25)47(58)60-37-20-34-43(57)41-36(56)19-30(22-53)59-45(41)42-40-32-14-15-51-46(50)39(32)27(10-9-26-11-12-29(55)18-33(26)35(40)23-54)17-28(48(37,2)61-44(34)42)16-24-8-13-38(49)52-21-24/h3,24-30,32-35,37-46,51-55,57H,4-23,49-50H2,1-2H3. The van der Waals surface area contributed by atoms with Crippen LogP contribution in [0.3, 0.4) is 0 Å². The normalized spacial score (nSPS) is 50.6. The summed E-state index contributed by atoms with van der Waals surface area (Å²) in [4.78, 5) is 29.1. The molecule has 4 saturated carbocycles. The van der Waals surface area contributed by atoms with Gasteiger partial charge < -0.3 is 56.7 Å². The van der Waals surface area contributed by atoms with Crippen LogP contribution in [0.4, 0.5) is 0 Å². The quantitative estimate of drug-likeness (QED) is 0.137. The highest BCUT2D eigenvalue weighted by molar-refractivity contribution is 5.89. The van der Waals surface area contributed by atoms with Gasteiger partial charge in [-0.2, -0.15) is 0 Å². The maximum Gasteiger partial charge on any atom is 0.334 e. The Bertz CT molecular complexity index is 1590. The molecule has 0 aromatic heterocycles. The summed E-state index contributed by atoms with van der Waals surface area (Å²) in [7, 11) is 0. The Kier molecular flexibility index (Phi) is 13.5. The van der Waals surface area contributed by atoms with E-state index in [1.165, 1.54) is 0 Å². The van der Waals surface area contributed by atoms with Gasteiger partial charge in [0.25, 0.3) is 0 Å². The van der Waals surface area contributed by atoms with E-state index in [0.717, 1.165) is 102 Å². The molecule has 5 aliphatic heterocycles. The lowest BCUT2D eigenvalue weighted by atomic mass is 9.50. The molecule has 0 radical (unpaired) electrons. The van der Waals surface area contributed by atoms with Crippen molar-refractivity contribution in [2.75, 3.05) is 26.3 Å². The van der Waals surface area contributed by atoms with Crippen molar-refractivity contribution in [1.82, 2.24) is 10.6 Å². The Morgan fingerprint density at radius 3 is 2.36 bits per heavy atom. The summed E-state index contributed by atoms with van der Waals surface area (Å²) in [6, 6.07) is 0. The third-order valence-corrected chi connectivity index (χ3v) is 18.8. The van der Waals surface area contributed by atoms with Crippen molar-refractivity contribution in [3.05, 3.63) is 11.6 Å². The Labute approximate surface area is 363 Å². The van der Waals surface area contributed by atoms with Crippen molar-refractivity contribution in [3.63, 3.8) is 0 Å². The molecule has 21 unspecified atom stereocenters. The van der Waals surface area contributed by atoms with Gasteiger partial charge in [-0.15, -0.1) is 0 Å². The number of allylic oxidation sites excluding steroid dienone is 1. The molecule has 344 valence electrons. The Balaban J connectivity index is 1.23. The monoisotopic (exact) mass is 855 g/mol. The predicted molar refractivity (Wildman–Crippen MR) is 228 cm³/mol. The molecule has 9 aliphatic rings. The Morgan fingerprint density at radius 2 is 1.64 bits per heavy atom. The summed E-state index contributed by atoms with van der Waals surface area (Å²) in [5.74, 6) is -1.64. The van der Waals surface area contributed by atoms with Gasteiger partial charge >= 0.3 is 5.97 Å². The number of piperidine rings is 2. The van der Waals surface area contributed by atoms with Crippen molar-refractivity contribution in [1.29, 1.82) is 0 Å². The number of ketones is 1. The van der Waals surface area contributed by atoms with Crippen molar-refractivity contribution in [3.8, 4) is 0 Å². The van der Waals surface area contributed by atoms with Crippen LogP contribution >= 0.6 is 0 Å². The fraction of sp³-hybridized carbons (Fsp3) is 0.917. The van der Waals surface area contributed by atoms with Gasteiger partial charge in [0.1, 0.15) is 17.5 Å². The van der Waals surface area contributed by atoms with E-state index in [0.29, 0.717) is 24.7 Å². The number of nitrogens with one attached hydrogen (secondary N) is 2. The smallest absolute Gasteiger partial charge is 0.334 e. The van der Waals surface area contributed by atoms with E-state index in [1.54, 1.807) is 0 Å². The molecule has 61 heavy (non-hydrogen) atoms. The largest absolute Gasteiger partial charge is 0.456 e. The molecule has 0 spiro atoms. The molecule has 9 fully saturated rings. The number of nitrogens with two attached hydrogens (primary N) is 2. The van der Waals surface area contributed by atoms with E-state index < -0.39 is 60.0 Å². The van der Waals surface area contributed by atoms with Crippen molar-refractivity contribution in [2.24, 2.45) is 88.4 Å². The number of hydrogen-bond donors (Lipinski definition) is 8. The summed E-state index contributed by atoms with van der Waals surface area (Å²) in [6.07, 6.45) is 10.3. The first-order valence-corrected chi connectivity index (χ1v) is 24.7. The van der Waals surface area contributed by atoms with E-state index >= 15 is 0 Å². The molecule has 0 amide bonds. The van der Waals surface area contributed by atoms with E-state index in [4.69, 9.17) is 25.7 Å². The van der Waals surface area contributed by atoms with E-state index in [2.05, 4.69) is 17.6 Å². The summed E-state index contributed by atoms with van der Waals surface area (Å²) >= 11 is 0. The van der Waals surface area contributed by atoms with Gasteiger partial charge in [0, 0.05) is 30.4 Å². The molecule has 4 bridgehead atoms. The molecule has 9 rings (SSSR count). The summed E-state index contributed by atoms with van der Waals surface area (Å²) in [6.45, 7) is 5.22. The van der Waals surface area contributed by atoms with Crippen LogP contribution < -0.4 is 22.1 Å². The second-order valence-electron chi connectivity index (χ2n) is 21.7. The zero-order valence-corrected chi connectivity index (χ0v) is 36.8. The first-order chi connectivity index (χ1) is 29.4. The van der Waals surface area contributed by atoms with Crippen LogP contribution in [0.25, 0.3) is 0 Å². The topological polar surface area (TPSA) is 219 Å². The van der Waals surface area contributed by atoms with Gasteiger partial charge in [0.05, 0.1) is 55.4 Å². The zero-order valence-electron chi connectivity index (χ0n) is 36.8. The van der Waals surface area contributed by atoms with Crippen LogP contribution in [0.5, 0.6) is 0 Å². The van der Waals surface area contributed by atoms with Crippen LogP contribution in [0.2, 0.25) is 0 Å². The van der Waals surface area contributed by atoms with Gasteiger partial charge in [-0.05, 0) is 170 Å². The van der Waals surface area contributed by atoms with Crippen molar-refractivity contribution >= 4 is 11.8 Å². The van der Waals surface area contributed by atoms with Gasteiger partial charge in [-0.1, -0.05) is 18.9 Å². The number of carbonyl (C=O) groups is 2.